The zero-order chi connectivity index (χ0) is 25.1. The van der Waals surface area contributed by atoms with Crippen LogP contribution in [0.5, 0.6) is 0 Å². The topological polar surface area (TPSA) is 130 Å². The van der Waals surface area contributed by atoms with Gasteiger partial charge >= 0.3 is 5.69 Å². The minimum absolute atomic E-state index is 0.0130. The SMILES string of the molecule is C[C@@H]1CC(n2c(=O)nc(-c3cnn(C)c3)c3oc4cc(C#N)c(-c5cnn(C)c5)nc4c32)C[C@H](C)O1. The molecule has 1 aliphatic heterocycles. The summed E-state index contributed by atoms with van der Waals surface area (Å²) in [6.07, 6.45) is 8.18. The first-order chi connectivity index (χ1) is 17.3. The first kappa shape index (κ1) is 22.2. The van der Waals surface area contributed by atoms with Crippen molar-refractivity contribution in [3.63, 3.8) is 0 Å². The maximum Gasteiger partial charge on any atom is 0.349 e. The van der Waals surface area contributed by atoms with E-state index in [1.54, 1.807) is 58.9 Å². The van der Waals surface area contributed by atoms with Crippen LogP contribution in [0.3, 0.4) is 0 Å². The van der Waals surface area contributed by atoms with Crippen molar-refractivity contribution in [3.05, 3.63) is 46.9 Å². The van der Waals surface area contributed by atoms with Gasteiger partial charge in [0.05, 0.1) is 35.9 Å². The van der Waals surface area contributed by atoms with E-state index in [-0.39, 0.29) is 23.9 Å². The fraction of sp³-hybridized carbons (Fsp3) is 0.360. The van der Waals surface area contributed by atoms with Crippen molar-refractivity contribution in [3.8, 4) is 28.6 Å². The highest BCUT2D eigenvalue weighted by Crippen LogP contribution is 2.38. The van der Waals surface area contributed by atoms with Crippen LogP contribution < -0.4 is 5.69 Å². The van der Waals surface area contributed by atoms with Crippen LogP contribution in [-0.4, -0.2) is 46.3 Å². The van der Waals surface area contributed by atoms with Gasteiger partial charge < -0.3 is 9.15 Å². The molecule has 5 aromatic rings. The maximum atomic E-state index is 13.6. The van der Waals surface area contributed by atoms with E-state index in [2.05, 4.69) is 21.3 Å². The van der Waals surface area contributed by atoms with E-state index in [4.69, 9.17) is 14.1 Å². The van der Waals surface area contributed by atoms with E-state index in [1.807, 2.05) is 13.8 Å². The molecule has 0 radical (unpaired) electrons. The molecule has 0 N–H and O–H groups in total. The Bertz CT molecular complexity index is 1720. The lowest BCUT2D eigenvalue weighted by Crippen LogP contribution is -2.36. The molecular weight excluding hydrogens is 460 g/mol. The summed E-state index contributed by atoms with van der Waals surface area (Å²) in [4.78, 5) is 22.9. The fourth-order valence-corrected chi connectivity index (χ4v) is 5.20. The van der Waals surface area contributed by atoms with E-state index in [0.717, 1.165) is 0 Å². The van der Waals surface area contributed by atoms with Crippen molar-refractivity contribution in [1.29, 1.82) is 5.26 Å². The molecule has 1 saturated heterocycles. The minimum atomic E-state index is -0.385. The number of aryl methyl sites for hydroxylation is 2. The number of rotatable bonds is 3. The van der Waals surface area contributed by atoms with Crippen LogP contribution in [-0.2, 0) is 18.8 Å². The summed E-state index contributed by atoms with van der Waals surface area (Å²) in [5.74, 6) is 0. The predicted octanol–water partition coefficient (Wildman–Crippen LogP) is 3.34. The molecule has 36 heavy (non-hydrogen) atoms. The Morgan fingerprint density at radius 2 is 1.64 bits per heavy atom. The Labute approximate surface area is 205 Å². The van der Waals surface area contributed by atoms with Crippen LogP contribution in [0.4, 0.5) is 0 Å². The Hall–Kier alpha value is -4.30. The van der Waals surface area contributed by atoms with Gasteiger partial charge in [-0.05, 0) is 26.7 Å². The van der Waals surface area contributed by atoms with Crippen LogP contribution >= 0.6 is 0 Å². The number of nitriles is 1. The summed E-state index contributed by atoms with van der Waals surface area (Å²) in [6, 6.07) is 3.74. The van der Waals surface area contributed by atoms with E-state index < -0.39 is 0 Å². The first-order valence-corrected chi connectivity index (χ1v) is 11.8. The number of hydrogen-bond donors (Lipinski definition) is 0. The molecule has 0 spiro atoms. The molecular formula is C25H24N8O3. The molecule has 11 heteroatoms. The van der Waals surface area contributed by atoms with Crippen LogP contribution in [0.25, 0.3) is 44.7 Å². The molecule has 0 aliphatic carbocycles. The molecule has 3 atom stereocenters. The largest absolute Gasteiger partial charge is 0.450 e. The standard InChI is InChI=1S/C25H24N8O3/c1-13-5-18(6-14(2)35-13)33-23-22-19(7-15(8-26)20(29-22)16-9-27-31(3)11-16)36-24(23)21(30-25(33)34)17-10-28-32(4)12-17/h7,9-14,18H,5-6H2,1-4H3/t13-,14+,18?. The third kappa shape index (κ3) is 3.49. The number of fused-ring (bicyclic) bond motifs is 3. The number of furan rings is 1. The molecule has 1 aliphatic rings. The average Bonchev–Trinajstić information content (AvgIpc) is 3.55. The quantitative estimate of drug-likeness (QED) is 0.381. The van der Waals surface area contributed by atoms with Crippen molar-refractivity contribution in [2.24, 2.45) is 14.1 Å². The van der Waals surface area contributed by atoms with Crippen LogP contribution in [0.15, 0.2) is 40.1 Å². The number of hydrogen-bond acceptors (Lipinski definition) is 8. The molecule has 1 fully saturated rings. The molecule has 0 aromatic carbocycles. The third-order valence-electron chi connectivity index (χ3n) is 6.62. The second kappa shape index (κ2) is 8.13. The molecule has 5 aromatic heterocycles. The van der Waals surface area contributed by atoms with Gasteiger partial charge in [0.2, 0.25) is 0 Å². The molecule has 0 saturated carbocycles. The molecule has 6 rings (SSSR count). The zero-order valence-corrected chi connectivity index (χ0v) is 20.3. The lowest BCUT2D eigenvalue weighted by Gasteiger charge is -2.33. The van der Waals surface area contributed by atoms with Crippen LogP contribution in [0, 0.1) is 11.3 Å². The van der Waals surface area contributed by atoms with Gasteiger partial charge in [0.1, 0.15) is 22.8 Å². The summed E-state index contributed by atoms with van der Waals surface area (Å²) in [6.45, 7) is 4.02. The van der Waals surface area contributed by atoms with E-state index in [0.29, 0.717) is 63.1 Å². The van der Waals surface area contributed by atoms with E-state index in [9.17, 15) is 10.1 Å². The van der Waals surface area contributed by atoms with Gasteiger partial charge in [0, 0.05) is 49.7 Å². The van der Waals surface area contributed by atoms with Gasteiger partial charge in [0.25, 0.3) is 0 Å². The Morgan fingerprint density at radius 1 is 1.00 bits per heavy atom. The lowest BCUT2D eigenvalue weighted by molar-refractivity contribution is -0.0486. The van der Waals surface area contributed by atoms with Gasteiger partial charge in [-0.3, -0.25) is 13.9 Å². The molecule has 11 nitrogen and oxygen atoms in total. The Kier molecular flexibility index (Phi) is 5.01. The van der Waals surface area contributed by atoms with Crippen molar-refractivity contribution < 1.29 is 9.15 Å². The first-order valence-electron chi connectivity index (χ1n) is 11.8. The highest BCUT2D eigenvalue weighted by molar-refractivity contribution is 6.05. The summed E-state index contributed by atoms with van der Waals surface area (Å²) < 4.78 is 17.2. The minimum Gasteiger partial charge on any atom is -0.450 e. The Balaban J connectivity index is 1.71. The summed E-state index contributed by atoms with van der Waals surface area (Å²) in [7, 11) is 3.60. The van der Waals surface area contributed by atoms with E-state index >= 15 is 0 Å². The van der Waals surface area contributed by atoms with Crippen LogP contribution in [0.1, 0.15) is 38.3 Å². The highest BCUT2D eigenvalue weighted by Gasteiger charge is 2.31. The lowest BCUT2D eigenvalue weighted by atomic mass is 9.99. The molecule has 0 bridgehead atoms. The molecule has 1 unspecified atom stereocenters. The molecule has 182 valence electrons. The number of aromatic nitrogens is 7. The molecule has 6 heterocycles. The smallest absolute Gasteiger partial charge is 0.349 e. The third-order valence-corrected chi connectivity index (χ3v) is 6.62. The van der Waals surface area contributed by atoms with Crippen molar-refractivity contribution in [2.75, 3.05) is 0 Å². The van der Waals surface area contributed by atoms with Gasteiger partial charge in [-0.25, -0.2) is 9.78 Å². The van der Waals surface area contributed by atoms with E-state index in [1.165, 1.54) is 0 Å². The predicted molar refractivity (Wildman–Crippen MR) is 131 cm³/mol. The maximum absolute atomic E-state index is 13.6. The molecule has 0 amide bonds. The highest BCUT2D eigenvalue weighted by atomic mass is 16.5. The average molecular weight is 485 g/mol. The fourth-order valence-electron chi connectivity index (χ4n) is 5.20. The zero-order valence-electron chi connectivity index (χ0n) is 20.3. The summed E-state index contributed by atoms with van der Waals surface area (Å²) in [5, 5.41) is 18.3. The van der Waals surface area contributed by atoms with Crippen molar-refractivity contribution in [2.45, 2.75) is 44.9 Å². The number of nitrogens with zero attached hydrogens (tertiary/aromatic N) is 8. The summed E-state index contributed by atoms with van der Waals surface area (Å²) >= 11 is 0. The second-order valence-corrected chi connectivity index (χ2v) is 9.42. The van der Waals surface area contributed by atoms with Crippen LogP contribution in [0.2, 0.25) is 0 Å². The van der Waals surface area contributed by atoms with Gasteiger partial charge in [-0.2, -0.15) is 20.4 Å². The van der Waals surface area contributed by atoms with Gasteiger partial charge in [0.15, 0.2) is 11.2 Å². The number of pyridine rings is 1. The van der Waals surface area contributed by atoms with Crippen molar-refractivity contribution >= 4 is 22.2 Å². The Morgan fingerprint density at radius 3 is 2.22 bits per heavy atom. The normalized spacial score (nSPS) is 20.2. The monoisotopic (exact) mass is 484 g/mol. The van der Waals surface area contributed by atoms with Gasteiger partial charge in [-0.1, -0.05) is 0 Å². The summed E-state index contributed by atoms with van der Waals surface area (Å²) in [5.41, 5.74) is 4.11. The number of ether oxygens (including phenoxy) is 1. The second-order valence-electron chi connectivity index (χ2n) is 9.42. The van der Waals surface area contributed by atoms with Crippen molar-refractivity contribution in [1.82, 2.24) is 34.1 Å². The van der Waals surface area contributed by atoms with Gasteiger partial charge in [-0.15, -0.1) is 0 Å².